The summed E-state index contributed by atoms with van der Waals surface area (Å²) in [7, 11) is 0. The molecule has 1 heterocycles. The predicted molar refractivity (Wildman–Crippen MR) is 81.0 cm³/mol. The molecule has 1 fully saturated rings. The molecule has 0 aromatic carbocycles. The van der Waals surface area contributed by atoms with Gasteiger partial charge < -0.3 is 5.32 Å². The molecule has 0 amide bonds. The third-order valence-electron chi connectivity index (χ3n) is 4.31. The molecule has 1 atom stereocenters. The van der Waals surface area contributed by atoms with Gasteiger partial charge in [0.1, 0.15) is 5.82 Å². The minimum Gasteiger partial charge on any atom is -0.310 e. The Labute approximate surface area is 122 Å². The van der Waals surface area contributed by atoms with Gasteiger partial charge in [0, 0.05) is 12.2 Å². The zero-order chi connectivity index (χ0) is 14.2. The van der Waals surface area contributed by atoms with Crippen LogP contribution in [0, 0.1) is 11.7 Å². The molecule has 2 nitrogen and oxygen atoms in total. The van der Waals surface area contributed by atoms with Gasteiger partial charge in [0.05, 0.1) is 6.20 Å². The molecule has 0 spiro atoms. The van der Waals surface area contributed by atoms with E-state index in [4.69, 9.17) is 0 Å². The van der Waals surface area contributed by atoms with Gasteiger partial charge in [-0.2, -0.15) is 0 Å². The lowest BCUT2D eigenvalue weighted by atomic mass is 9.90. The summed E-state index contributed by atoms with van der Waals surface area (Å²) in [6.45, 7) is 3.15. The number of nitrogens with zero attached hydrogens (tertiary/aromatic N) is 1. The largest absolute Gasteiger partial charge is 0.310 e. The molecule has 3 heteroatoms. The molecule has 1 aliphatic carbocycles. The second-order valence-electron chi connectivity index (χ2n) is 6.04. The van der Waals surface area contributed by atoms with Crippen LogP contribution in [0.1, 0.15) is 69.9 Å². The second kappa shape index (κ2) is 8.35. The van der Waals surface area contributed by atoms with Gasteiger partial charge in [0.15, 0.2) is 0 Å². The SMILES string of the molecule is CCCNC(CC1CCCCCC1)c1cncc(F)c1. The van der Waals surface area contributed by atoms with Crippen molar-refractivity contribution in [2.75, 3.05) is 6.54 Å². The standard InChI is InChI=1S/C17H27FN2/c1-2-9-20-17(15-11-16(18)13-19-12-15)10-14-7-5-3-4-6-8-14/h11-14,17,20H,2-10H2,1H3. The molecule has 0 radical (unpaired) electrons. The Hall–Kier alpha value is -0.960. The topological polar surface area (TPSA) is 24.9 Å². The molecule has 1 unspecified atom stereocenters. The van der Waals surface area contributed by atoms with E-state index in [0.717, 1.165) is 30.9 Å². The summed E-state index contributed by atoms with van der Waals surface area (Å²) < 4.78 is 13.4. The van der Waals surface area contributed by atoms with Crippen LogP contribution in [0.2, 0.25) is 0 Å². The molecule has 1 saturated carbocycles. The van der Waals surface area contributed by atoms with Gasteiger partial charge in [-0.25, -0.2) is 4.39 Å². The summed E-state index contributed by atoms with van der Waals surface area (Å²) in [5, 5.41) is 3.57. The smallest absolute Gasteiger partial charge is 0.141 e. The molecule has 0 saturated heterocycles. The molecular weight excluding hydrogens is 251 g/mol. The number of halogens is 1. The third-order valence-corrected chi connectivity index (χ3v) is 4.31. The van der Waals surface area contributed by atoms with Crippen LogP contribution < -0.4 is 5.32 Å². The number of aromatic nitrogens is 1. The Morgan fingerprint density at radius 2 is 2.00 bits per heavy atom. The normalized spacial score (nSPS) is 18.7. The van der Waals surface area contributed by atoms with E-state index in [1.165, 1.54) is 44.7 Å². The maximum absolute atomic E-state index is 13.4. The maximum Gasteiger partial charge on any atom is 0.141 e. The Kier molecular flexibility index (Phi) is 6.44. The monoisotopic (exact) mass is 278 g/mol. The van der Waals surface area contributed by atoms with Crippen LogP contribution in [0.15, 0.2) is 18.5 Å². The van der Waals surface area contributed by atoms with Crippen molar-refractivity contribution in [3.05, 3.63) is 29.8 Å². The maximum atomic E-state index is 13.4. The highest BCUT2D eigenvalue weighted by atomic mass is 19.1. The van der Waals surface area contributed by atoms with Crippen molar-refractivity contribution >= 4 is 0 Å². The molecule has 2 rings (SSSR count). The van der Waals surface area contributed by atoms with E-state index in [2.05, 4.69) is 17.2 Å². The van der Waals surface area contributed by atoms with Gasteiger partial charge in [-0.15, -0.1) is 0 Å². The van der Waals surface area contributed by atoms with Crippen molar-refractivity contribution < 1.29 is 4.39 Å². The number of hydrogen-bond donors (Lipinski definition) is 1. The van der Waals surface area contributed by atoms with E-state index in [1.807, 2.05) is 6.20 Å². The van der Waals surface area contributed by atoms with E-state index in [1.54, 1.807) is 6.07 Å². The minimum atomic E-state index is -0.230. The summed E-state index contributed by atoms with van der Waals surface area (Å²) in [6, 6.07) is 1.89. The molecule has 112 valence electrons. The van der Waals surface area contributed by atoms with Crippen LogP contribution in [0.25, 0.3) is 0 Å². The fraction of sp³-hybridized carbons (Fsp3) is 0.706. The van der Waals surface area contributed by atoms with Gasteiger partial charge in [0.2, 0.25) is 0 Å². The first-order valence-corrected chi connectivity index (χ1v) is 8.13. The molecule has 1 aromatic heterocycles. The fourth-order valence-electron chi connectivity index (χ4n) is 3.21. The van der Waals surface area contributed by atoms with Crippen molar-refractivity contribution in [1.29, 1.82) is 0 Å². The molecule has 0 aliphatic heterocycles. The number of nitrogens with one attached hydrogen (secondary N) is 1. The minimum absolute atomic E-state index is 0.230. The zero-order valence-corrected chi connectivity index (χ0v) is 12.6. The van der Waals surface area contributed by atoms with Crippen LogP contribution in [0.4, 0.5) is 4.39 Å². The first kappa shape index (κ1) is 15.4. The first-order valence-electron chi connectivity index (χ1n) is 8.13. The van der Waals surface area contributed by atoms with Crippen LogP contribution in [-0.2, 0) is 0 Å². The summed E-state index contributed by atoms with van der Waals surface area (Å²) in [4.78, 5) is 4.01. The van der Waals surface area contributed by atoms with Crippen molar-refractivity contribution in [3.63, 3.8) is 0 Å². The summed E-state index contributed by atoms with van der Waals surface area (Å²) >= 11 is 0. The third kappa shape index (κ3) is 4.86. The molecule has 20 heavy (non-hydrogen) atoms. The highest BCUT2D eigenvalue weighted by molar-refractivity contribution is 5.15. The Bertz CT molecular complexity index is 386. The average Bonchev–Trinajstić information content (AvgIpc) is 2.72. The lowest BCUT2D eigenvalue weighted by Gasteiger charge is -2.24. The molecular formula is C17H27FN2. The van der Waals surface area contributed by atoms with Crippen LogP contribution in [0.5, 0.6) is 0 Å². The van der Waals surface area contributed by atoms with Crippen molar-refractivity contribution in [2.45, 2.75) is 64.3 Å². The Morgan fingerprint density at radius 1 is 1.25 bits per heavy atom. The predicted octanol–water partition coefficient (Wildman–Crippen LogP) is 4.62. The lowest BCUT2D eigenvalue weighted by molar-refractivity contribution is 0.355. The zero-order valence-electron chi connectivity index (χ0n) is 12.6. The summed E-state index contributed by atoms with van der Waals surface area (Å²) in [5.74, 6) is 0.543. The van der Waals surface area contributed by atoms with Crippen LogP contribution in [-0.4, -0.2) is 11.5 Å². The first-order chi connectivity index (χ1) is 9.79. The lowest BCUT2D eigenvalue weighted by Crippen LogP contribution is -2.25. The van der Waals surface area contributed by atoms with Crippen molar-refractivity contribution in [3.8, 4) is 0 Å². The van der Waals surface area contributed by atoms with Crippen LogP contribution in [0.3, 0.4) is 0 Å². The number of hydrogen-bond acceptors (Lipinski definition) is 2. The number of pyridine rings is 1. The molecule has 1 aromatic rings. The summed E-state index contributed by atoms with van der Waals surface area (Å²) in [6.07, 6.45) is 13.4. The van der Waals surface area contributed by atoms with Gasteiger partial charge in [-0.3, -0.25) is 4.98 Å². The molecule has 1 N–H and O–H groups in total. The summed E-state index contributed by atoms with van der Waals surface area (Å²) in [5.41, 5.74) is 1.00. The Morgan fingerprint density at radius 3 is 2.65 bits per heavy atom. The van der Waals surface area contributed by atoms with Gasteiger partial charge in [-0.05, 0) is 36.9 Å². The van der Waals surface area contributed by atoms with E-state index in [0.29, 0.717) is 0 Å². The van der Waals surface area contributed by atoms with Crippen molar-refractivity contribution in [2.24, 2.45) is 5.92 Å². The second-order valence-corrected chi connectivity index (χ2v) is 6.04. The molecule has 1 aliphatic rings. The van der Waals surface area contributed by atoms with E-state index in [-0.39, 0.29) is 11.9 Å². The molecule has 0 bridgehead atoms. The van der Waals surface area contributed by atoms with Gasteiger partial charge >= 0.3 is 0 Å². The quantitative estimate of drug-likeness (QED) is 0.768. The Balaban J connectivity index is 2.02. The van der Waals surface area contributed by atoms with E-state index >= 15 is 0 Å². The van der Waals surface area contributed by atoms with Crippen LogP contribution >= 0.6 is 0 Å². The van der Waals surface area contributed by atoms with Gasteiger partial charge in [0.25, 0.3) is 0 Å². The fourth-order valence-corrected chi connectivity index (χ4v) is 3.21. The highest BCUT2D eigenvalue weighted by Gasteiger charge is 2.19. The van der Waals surface area contributed by atoms with Crippen molar-refractivity contribution in [1.82, 2.24) is 10.3 Å². The van der Waals surface area contributed by atoms with E-state index in [9.17, 15) is 4.39 Å². The van der Waals surface area contributed by atoms with E-state index < -0.39 is 0 Å². The highest BCUT2D eigenvalue weighted by Crippen LogP contribution is 2.31. The van der Waals surface area contributed by atoms with Gasteiger partial charge in [-0.1, -0.05) is 45.4 Å². The average molecular weight is 278 g/mol. The number of rotatable bonds is 6.